The van der Waals surface area contributed by atoms with Crippen LogP contribution in [0.5, 0.6) is 6.01 Å². The zero-order valence-corrected chi connectivity index (χ0v) is 23.6. The molecule has 0 aliphatic carbocycles. The molecule has 0 saturated carbocycles. The second-order valence-electron chi connectivity index (χ2n) is 11.5. The van der Waals surface area contributed by atoms with Gasteiger partial charge < -0.3 is 24.8 Å². The maximum Gasteiger partial charge on any atom is 0.318 e. The third kappa shape index (κ3) is 4.66. The number of hydrogen-bond acceptors (Lipinski definition) is 8. The maximum atomic E-state index is 9.27. The molecule has 2 bridgehead atoms. The molecule has 2 unspecified atom stereocenters. The van der Waals surface area contributed by atoms with E-state index < -0.39 is 0 Å². The quantitative estimate of drug-likeness (QED) is 0.466. The lowest BCUT2D eigenvalue weighted by Gasteiger charge is -2.37. The van der Waals surface area contributed by atoms with Gasteiger partial charge in [-0.1, -0.05) is 35.9 Å². The molecule has 206 valence electrons. The second-order valence-corrected chi connectivity index (χ2v) is 11.9. The van der Waals surface area contributed by atoms with Gasteiger partial charge in [-0.2, -0.15) is 15.2 Å². The average molecular weight is 556 g/mol. The molecule has 2 aromatic carbocycles. The van der Waals surface area contributed by atoms with E-state index >= 15 is 0 Å². The number of anilines is 2. The van der Waals surface area contributed by atoms with Crippen molar-refractivity contribution in [3.63, 3.8) is 0 Å². The first kappa shape index (κ1) is 25.6. The number of nitriles is 1. The number of ether oxygens (including phenoxy) is 1. The SMILES string of the molecule is CN1CCC[C@H]1COc1nc2c(c(N3CC4C/C(=C/C#N)C(C3)N4)n1)CCN(c1cccc3cccc(Cl)c13)C2. The van der Waals surface area contributed by atoms with Crippen LogP contribution in [0.3, 0.4) is 0 Å². The van der Waals surface area contributed by atoms with E-state index in [1.807, 2.05) is 12.1 Å². The molecule has 3 atom stereocenters. The van der Waals surface area contributed by atoms with E-state index in [-0.39, 0.29) is 6.04 Å². The summed E-state index contributed by atoms with van der Waals surface area (Å²) in [5.41, 5.74) is 4.56. The van der Waals surface area contributed by atoms with E-state index in [0.717, 1.165) is 78.4 Å². The van der Waals surface area contributed by atoms with Gasteiger partial charge in [0.1, 0.15) is 12.4 Å². The summed E-state index contributed by atoms with van der Waals surface area (Å²) in [4.78, 5) is 17.2. The third-order valence-electron chi connectivity index (χ3n) is 9.03. The van der Waals surface area contributed by atoms with Crippen LogP contribution in [0.4, 0.5) is 11.5 Å². The van der Waals surface area contributed by atoms with Crippen molar-refractivity contribution in [2.45, 2.75) is 50.4 Å². The number of likely N-dealkylation sites (N-methyl/N-ethyl adjacent to an activating group) is 1. The topological polar surface area (TPSA) is 80.5 Å². The van der Waals surface area contributed by atoms with E-state index in [1.165, 1.54) is 17.6 Å². The van der Waals surface area contributed by atoms with Gasteiger partial charge in [-0.05, 0) is 62.4 Å². The molecule has 3 aromatic rings. The van der Waals surface area contributed by atoms with Crippen molar-refractivity contribution in [2.75, 3.05) is 49.6 Å². The fraction of sp³-hybridized carbons (Fsp3) is 0.452. The van der Waals surface area contributed by atoms with Crippen LogP contribution in [0.25, 0.3) is 10.8 Å². The predicted molar refractivity (Wildman–Crippen MR) is 158 cm³/mol. The molecule has 4 aliphatic rings. The molecule has 3 saturated heterocycles. The Kier molecular flexibility index (Phi) is 6.74. The van der Waals surface area contributed by atoms with Gasteiger partial charge in [0, 0.05) is 60.5 Å². The van der Waals surface area contributed by atoms with Crippen LogP contribution < -0.4 is 19.9 Å². The summed E-state index contributed by atoms with van der Waals surface area (Å²) in [6.07, 6.45) is 5.81. The smallest absolute Gasteiger partial charge is 0.318 e. The largest absolute Gasteiger partial charge is 0.462 e. The number of halogens is 1. The van der Waals surface area contributed by atoms with Crippen molar-refractivity contribution in [3.05, 3.63) is 64.3 Å². The van der Waals surface area contributed by atoms with Gasteiger partial charge in [0.25, 0.3) is 0 Å². The highest BCUT2D eigenvalue weighted by Crippen LogP contribution is 2.38. The maximum absolute atomic E-state index is 9.27. The summed E-state index contributed by atoms with van der Waals surface area (Å²) < 4.78 is 6.32. The first-order chi connectivity index (χ1) is 19.6. The molecule has 40 heavy (non-hydrogen) atoms. The summed E-state index contributed by atoms with van der Waals surface area (Å²) in [5, 5.41) is 15.9. The number of fused-ring (bicyclic) bond motifs is 4. The summed E-state index contributed by atoms with van der Waals surface area (Å²) in [6, 6.07) is 16.0. The molecule has 0 amide bonds. The zero-order chi connectivity index (χ0) is 27.2. The van der Waals surface area contributed by atoms with Crippen molar-refractivity contribution in [3.8, 4) is 12.1 Å². The van der Waals surface area contributed by atoms with Crippen LogP contribution in [-0.4, -0.2) is 72.8 Å². The number of nitrogens with zero attached hydrogens (tertiary/aromatic N) is 6. The van der Waals surface area contributed by atoms with E-state index in [0.29, 0.717) is 31.2 Å². The van der Waals surface area contributed by atoms with Crippen LogP contribution in [0.15, 0.2) is 48.0 Å². The molecule has 1 aromatic heterocycles. The Hall–Kier alpha value is -3.38. The zero-order valence-electron chi connectivity index (χ0n) is 22.8. The van der Waals surface area contributed by atoms with Crippen LogP contribution in [0, 0.1) is 11.3 Å². The lowest BCUT2D eigenvalue weighted by atomic mass is 10.0. The molecule has 9 heteroatoms. The predicted octanol–water partition coefficient (Wildman–Crippen LogP) is 4.32. The number of nitrogens with one attached hydrogen (secondary N) is 1. The Labute approximate surface area is 240 Å². The van der Waals surface area contributed by atoms with Crippen molar-refractivity contribution in [1.82, 2.24) is 20.2 Å². The minimum atomic E-state index is 0.179. The number of rotatable bonds is 5. The molecule has 0 radical (unpaired) electrons. The highest BCUT2D eigenvalue weighted by Gasteiger charge is 2.38. The lowest BCUT2D eigenvalue weighted by Crippen LogP contribution is -2.52. The minimum absolute atomic E-state index is 0.179. The Balaban J connectivity index is 1.23. The highest BCUT2D eigenvalue weighted by atomic mass is 35.5. The summed E-state index contributed by atoms with van der Waals surface area (Å²) in [6.45, 7) is 4.89. The van der Waals surface area contributed by atoms with Crippen LogP contribution in [0.1, 0.15) is 30.5 Å². The number of aromatic nitrogens is 2. The number of piperazine rings is 1. The molecule has 4 aliphatic heterocycles. The van der Waals surface area contributed by atoms with Crippen molar-refractivity contribution >= 4 is 33.9 Å². The van der Waals surface area contributed by atoms with E-state index in [9.17, 15) is 5.26 Å². The molecule has 8 nitrogen and oxygen atoms in total. The van der Waals surface area contributed by atoms with Crippen LogP contribution in [-0.2, 0) is 13.0 Å². The highest BCUT2D eigenvalue weighted by molar-refractivity contribution is 6.36. The molecule has 3 fully saturated rings. The standard InChI is InChI=1S/C31H34ClN7O/c1-37-13-4-7-23(37)19-40-31-35-27-18-38(28-9-3-6-20-5-2-8-25(32)29(20)28)14-11-24(27)30(36-31)39-16-22-15-21(10-12-33)26(17-39)34-22/h2-3,5-6,8-10,22-23,26,34H,4,7,11,13-19H2,1H3/b21-10-/t22?,23-,26?/m0/s1. The second kappa shape index (κ2) is 10.5. The number of hydrogen-bond donors (Lipinski definition) is 1. The summed E-state index contributed by atoms with van der Waals surface area (Å²) in [5.74, 6) is 0.991. The van der Waals surface area contributed by atoms with Crippen molar-refractivity contribution < 1.29 is 4.74 Å². The number of allylic oxidation sites excluding steroid dienone is 1. The average Bonchev–Trinajstić information content (AvgIpc) is 3.51. The lowest BCUT2D eigenvalue weighted by molar-refractivity contribution is 0.187. The van der Waals surface area contributed by atoms with Gasteiger partial charge >= 0.3 is 6.01 Å². The van der Waals surface area contributed by atoms with E-state index in [1.54, 1.807) is 6.08 Å². The molecule has 5 heterocycles. The third-order valence-corrected chi connectivity index (χ3v) is 9.35. The molecular weight excluding hydrogens is 522 g/mol. The molecule has 7 rings (SSSR count). The number of likely N-dealkylation sites (tertiary alicyclic amines) is 1. The molecule has 0 spiro atoms. The Bertz CT molecular complexity index is 1510. The molecule has 1 N–H and O–H groups in total. The Morgan fingerprint density at radius 3 is 2.85 bits per heavy atom. The normalized spacial score (nSPS) is 25.4. The van der Waals surface area contributed by atoms with Crippen molar-refractivity contribution in [1.29, 1.82) is 5.26 Å². The monoisotopic (exact) mass is 555 g/mol. The van der Waals surface area contributed by atoms with Crippen LogP contribution >= 0.6 is 11.6 Å². The van der Waals surface area contributed by atoms with E-state index in [4.69, 9.17) is 26.3 Å². The van der Waals surface area contributed by atoms with Gasteiger partial charge in [0.05, 0.1) is 23.3 Å². The van der Waals surface area contributed by atoms with Crippen molar-refractivity contribution in [2.24, 2.45) is 0 Å². The van der Waals surface area contributed by atoms with Gasteiger partial charge in [0.2, 0.25) is 0 Å². The summed E-state index contributed by atoms with van der Waals surface area (Å²) in [7, 11) is 2.16. The van der Waals surface area contributed by atoms with Gasteiger partial charge in [0.15, 0.2) is 0 Å². The summed E-state index contributed by atoms with van der Waals surface area (Å²) >= 11 is 6.70. The Morgan fingerprint density at radius 2 is 2.02 bits per heavy atom. The molecular formula is C31H34ClN7O. The fourth-order valence-electron chi connectivity index (χ4n) is 6.96. The van der Waals surface area contributed by atoms with Crippen LogP contribution in [0.2, 0.25) is 5.02 Å². The minimum Gasteiger partial charge on any atom is -0.462 e. The first-order valence-electron chi connectivity index (χ1n) is 14.3. The number of benzene rings is 2. The van der Waals surface area contributed by atoms with Gasteiger partial charge in [-0.25, -0.2) is 0 Å². The van der Waals surface area contributed by atoms with Gasteiger partial charge in [-0.15, -0.1) is 0 Å². The first-order valence-corrected chi connectivity index (χ1v) is 14.7. The van der Waals surface area contributed by atoms with E-state index in [2.05, 4.69) is 57.4 Å². The fourth-order valence-corrected chi connectivity index (χ4v) is 7.24. The van der Waals surface area contributed by atoms with Gasteiger partial charge in [-0.3, -0.25) is 0 Å². The Morgan fingerprint density at radius 1 is 1.15 bits per heavy atom.